The van der Waals surface area contributed by atoms with E-state index in [1.807, 2.05) is 0 Å². The van der Waals surface area contributed by atoms with Crippen molar-refractivity contribution in [3.63, 3.8) is 0 Å². The lowest BCUT2D eigenvalue weighted by atomic mass is 10.0. The Kier molecular flexibility index (Phi) is 6.70. The van der Waals surface area contributed by atoms with Crippen LogP contribution in [0.5, 0.6) is 11.5 Å². The average Bonchev–Trinajstić information content (AvgIpc) is 2.59. The number of carbonyl (C=O) groups excluding carboxylic acids is 1. The van der Waals surface area contributed by atoms with Crippen molar-refractivity contribution in [1.29, 1.82) is 0 Å². The molecule has 1 aliphatic heterocycles. The zero-order valence-electron chi connectivity index (χ0n) is 16.2. The van der Waals surface area contributed by atoms with Gasteiger partial charge < -0.3 is 23.1 Å². The van der Waals surface area contributed by atoms with Gasteiger partial charge >= 0.3 is 21.6 Å². The minimum Gasteiger partial charge on any atom is -0.492 e. The SMILES string of the molecule is COc1c(OS(=O)(=O)C(F)(F)F)ccc(C2OCCCO2)c1C(=O)OC(C)(C)C. The lowest BCUT2D eigenvalue weighted by Gasteiger charge is -2.27. The van der Waals surface area contributed by atoms with Crippen LogP contribution in [0, 0.1) is 0 Å². The number of carbonyl (C=O) groups is 1. The summed E-state index contributed by atoms with van der Waals surface area (Å²) in [5.41, 5.74) is -6.88. The lowest BCUT2D eigenvalue weighted by Crippen LogP contribution is -2.29. The van der Waals surface area contributed by atoms with E-state index in [4.69, 9.17) is 18.9 Å². The number of ether oxygens (including phenoxy) is 4. The second-order valence-corrected chi connectivity index (χ2v) is 8.51. The highest BCUT2D eigenvalue weighted by molar-refractivity contribution is 7.88. The van der Waals surface area contributed by atoms with Crippen LogP contribution in [0.4, 0.5) is 13.2 Å². The predicted octanol–water partition coefficient (Wildman–Crippen LogP) is 3.31. The van der Waals surface area contributed by atoms with Gasteiger partial charge in [0.25, 0.3) is 0 Å². The Morgan fingerprint density at radius 2 is 1.72 bits per heavy atom. The van der Waals surface area contributed by atoms with Gasteiger partial charge in [0.15, 0.2) is 17.8 Å². The molecule has 1 aromatic rings. The summed E-state index contributed by atoms with van der Waals surface area (Å²) in [6.45, 7) is 5.39. The Labute approximate surface area is 166 Å². The van der Waals surface area contributed by atoms with Crippen molar-refractivity contribution in [3.8, 4) is 11.5 Å². The molecule has 1 heterocycles. The van der Waals surface area contributed by atoms with Crippen molar-refractivity contribution >= 4 is 16.1 Å². The Hall–Kier alpha value is -2.05. The minimum atomic E-state index is -5.99. The van der Waals surface area contributed by atoms with Crippen LogP contribution in [0.15, 0.2) is 12.1 Å². The van der Waals surface area contributed by atoms with E-state index < -0.39 is 45.0 Å². The molecule has 0 N–H and O–H groups in total. The van der Waals surface area contributed by atoms with Crippen LogP contribution < -0.4 is 8.92 Å². The van der Waals surface area contributed by atoms with E-state index in [0.717, 1.165) is 13.2 Å². The molecule has 29 heavy (non-hydrogen) atoms. The first-order valence-corrected chi connectivity index (χ1v) is 9.86. The molecule has 164 valence electrons. The van der Waals surface area contributed by atoms with E-state index >= 15 is 0 Å². The fraction of sp³-hybridized carbons (Fsp3) is 0.588. The molecule has 0 spiro atoms. The molecule has 8 nitrogen and oxygen atoms in total. The molecule has 1 fully saturated rings. The quantitative estimate of drug-likeness (QED) is 0.389. The summed E-state index contributed by atoms with van der Waals surface area (Å²) in [7, 11) is -4.95. The molecular formula is C17H21F3O8S. The van der Waals surface area contributed by atoms with Crippen molar-refractivity contribution in [2.75, 3.05) is 20.3 Å². The Morgan fingerprint density at radius 3 is 2.21 bits per heavy atom. The third-order valence-corrected chi connectivity index (χ3v) is 4.49. The highest BCUT2D eigenvalue weighted by Gasteiger charge is 2.49. The number of halogens is 3. The van der Waals surface area contributed by atoms with E-state index in [0.29, 0.717) is 19.6 Å². The number of benzene rings is 1. The van der Waals surface area contributed by atoms with Gasteiger partial charge in [-0.2, -0.15) is 21.6 Å². The Bertz CT molecular complexity index is 853. The van der Waals surface area contributed by atoms with E-state index in [-0.39, 0.29) is 11.1 Å². The standard InChI is InChI=1S/C17H21F3O8S/c1-16(2,3)27-14(21)12-10(15-25-8-5-9-26-15)6-7-11(13(12)24-4)28-29(22,23)17(18,19)20/h6-7,15H,5,8-9H2,1-4H3. The van der Waals surface area contributed by atoms with Gasteiger partial charge in [0.05, 0.1) is 20.3 Å². The average molecular weight is 442 g/mol. The van der Waals surface area contributed by atoms with Gasteiger partial charge in [-0.05, 0) is 39.3 Å². The first-order valence-electron chi connectivity index (χ1n) is 8.45. The van der Waals surface area contributed by atoms with E-state index in [2.05, 4.69) is 4.18 Å². The topological polar surface area (TPSA) is 97.4 Å². The molecule has 0 radical (unpaired) electrons. The number of methoxy groups -OCH3 is 1. The maximum atomic E-state index is 12.8. The molecular weight excluding hydrogens is 421 g/mol. The fourth-order valence-electron chi connectivity index (χ4n) is 2.42. The van der Waals surface area contributed by atoms with Crippen molar-refractivity contribution in [3.05, 3.63) is 23.3 Å². The summed E-state index contributed by atoms with van der Waals surface area (Å²) < 4.78 is 86.4. The minimum absolute atomic E-state index is 0.104. The lowest BCUT2D eigenvalue weighted by molar-refractivity contribution is -0.183. The molecule has 1 saturated heterocycles. The molecule has 0 saturated carbocycles. The Balaban J connectivity index is 2.61. The third kappa shape index (κ3) is 5.52. The van der Waals surface area contributed by atoms with Gasteiger partial charge in [-0.1, -0.05) is 0 Å². The number of hydrogen-bond acceptors (Lipinski definition) is 8. The van der Waals surface area contributed by atoms with Crippen molar-refractivity contribution in [2.24, 2.45) is 0 Å². The summed E-state index contributed by atoms with van der Waals surface area (Å²) in [6, 6.07) is 2.09. The van der Waals surface area contributed by atoms with Crippen molar-refractivity contribution in [2.45, 2.75) is 44.6 Å². The normalized spacial score (nSPS) is 16.4. The number of alkyl halides is 3. The third-order valence-electron chi connectivity index (χ3n) is 3.52. The molecule has 0 unspecified atom stereocenters. The van der Waals surface area contributed by atoms with E-state index in [1.54, 1.807) is 20.8 Å². The molecule has 0 aliphatic carbocycles. The van der Waals surface area contributed by atoms with Crippen LogP contribution in [0.1, 0.15) is 49.4 Å². The second kappa shape index (κ2) is 8.36. The summed E-state index contributed by atoms with van der Waals surface area (Å²) >= 11 is 0. The summed E-state index contributed by atoms with van der Waals surface area (Å²) in [5, 5.41) is 0. The largest absolute Gasteiger partial charge is 0.534 e. The van der Waals surface area contributed by atoms with E-state index in [9.17, 15) is 26.4 Å². The van der Waals surface area contributed by atoms with Gasteiger partial charge in [-0.15, -0.1) is 0 Å². The summed E-state index contributed by atoms with van der Waals surface area (Å²) in [6.07, 6.45) is -0.408. The van der Waals surface area contributed by atoms with Gasteiger partial charge in [0.2, 0.25) is 0 Å². The maximum Gasteiger partial charge on any atom is 0.534 e. The molecule has 1 aliphatic rings. The van der Waals surface area contributed by atoms with Gasteiger partial charge in [-0.25, -0.2) is 4.79 Å². The second-order valence-electron chi connectivity index (χ2n) is 6.97. The summed E-state index contributed by atoms with van der Waals surface area (Å²) in [4.78, 5) is 12.8. The van der Waals surface area contributed by atoms with E-state index in [1.165, 1.54) is 6.07 Å². The molecule has 2 rings (SSSR count). The highest BCUT2D eigenvalue weighted by Crippen LogP contribution is 2.41. The molecule has 0 bridgehead atoms. The molecule has 1 aromatic carbocycles. The number of hydrogen-bond donors (Lipinski definition) is 0. The highest BCUT2D eigenvalue weighted by atomic mass is 32.2. The van der Waals surface area contributed by atoms with Gasteiger partial charge in [-0.3, -0.25) is 0 Å². The van der Waals surface area contributed by atoms with Crippen LogP contribution >= 0.6 is 0 Å². The first-order chi connectivity index (χ1) is 13.3. The Morgan fingerprint density at radius 1 is 1.14 bits per heavy atom. The van der Waals surface area contributed by atoms with Gasteiger partial charge in [0.1, 0.15) is 11.2 Å². The molecule has 0 aromatic heterocycles. The predicted molar refractivity (Wildman–Crippen MR) is 93.0 cm³/mol. The molecule has 12 heteroatoms. The fourth-order valence-corrected chi connectivity index (χ4v) is 2.88. The van der Waals surface area contributed by atoms with Gasteiger partial charge in [0, 0.05) is 5.56 Å². The number of esters is 1. The van der Waals surface area contributed by atoms with Crippen LogP contribution in [0.2, 0.25) is 0 Å². The van der Waals surface area contributed by atoms with Crippen LogP contribution in [-0.4, -0.2) is 45.8 Å². The smallest absolute Gasteiger partial charge is 0.492 e. The number of rotatable bonds is 5. The molecule has 0 atom stereocenters. The zero-order valence-corrected chi connectivity index (χ0v) is 17.0. The van der Waals surface area contributed by atoms with Crippen LogP contribution in [0.3, 0.4) is 0 Å². The maximum absolute atomic E-state index is 12.8. The van der Waals surface area contributed by atoms with Crippen LogP contribution in [0.25, 0.3) is 0 Å². The summed E-state index contributed by atoms with van der Waals surface area (Å²) in [5.74, 6) is -2.36. The molecule has 0 amide bonds. The zero-order chi connectivity index (χ0) is 22.0. The van der Waals surface area contributed by atoms with Crippen molar-refractivity contribution < 1.29 is 49.5 Å². The van der Waals surface area contributed by atoms with Crippen LogP contribution in [-0.2, 0) is 24.3 Å². The first kappa shape index (κ1) is 23.2. The van der Waals surface area contributed by atoms with Crippen molar-refractivity contribution in [1.82, 2.24) is 0 Å². The monoisotopic (exact) mass is 442 g/mol.